The van der Waals surface area contributed by atoms with E-state index in [1.165, 1.54) is 0 Å². The summed E-state index contributed by atoms with van der Waals surface area (Å²) in [7, 11) is 1.57. The van der Waals surface area contributed by atoms with Crippen LogP contribution in [-0.4, -0.2) is 30.5 Å². The van der Waals surface area contributed by atoms with Crippen LogP contribution in [0.15, 0.2) is 0 Å². The zero-order valence-electron chi connectivity index (χ0n) is 7.28. The lowest BCUT2D eigenvalue weighted by Crippen LogP contribution is -2.32. The van der Waals surface area contributed by atoms with E-state index in [0.717, 1.165) is 18.6 Å². The van der Waals surface area contributed by atoms with E-state index in [9.17, 15) is 8.78 Å². The van der Waals surface area contributed by atoms with Crippen LogP contribution in [0, 0.1) is 0 Å². The van der Waals surface area contributed by atoms with E-state index in [2.05, 4.69) is 5.32 Å². The number of thioether (sulfide) groups is 1. The van der Waals surface area contributed by atoms with E-state index in [1.807, 2.05) is 0 Å². The van der Waals surface area contributed by atoms with E-state index < -0.39 is 5.92 Å². The molecule has 1 N–H and O–H groups in total. The van der Waals surface area contributed by atoms with Gasteiger partial charge in [-0.05, 0) is 25.6 Å². The van der Waals surface area contributed by atoms with Crippen LogP contribution in [0.3, 0.4) is 0 Å². The van der Waals surface area contributed by atoms with Gasteiger partial charge in [0.15, 0.2) is 0 Å². The van der Waals surface area contributed by atoms with E-state index in [-0.39, 0.29) is 18.2 Å². The van der Waals surface area contributed by atoms with Gasteiger partial charge < -0.3 is 5.32 Å². The molecule has 0 aromatic rings. The van der Waals surface area contributed by atoms with Crippen molar-refractivity contribution in [2.45, 2.75) is 30.4 Å². The molecule has 1 heterocycles. The summed E-state index contributed by atoms with van der Waals surface area (Å²) in [5.41, 5.74) is 0. The van der Waals surface area contributed by atoms with Crippen molar-refractivity contribution >= 4 is 11.8 Å². The maximum absolute atomic E-state index is 13.0. The summed E-state index contributed by atoms with van der Waals surface area (Å²) >= 11 is 1.69. The smallest absolute Gasteiger partial charge is 0.261 e. The maximum atomic E-state index is 13.0. The average molecular weight is 195 g/mol. The molecule has 4 heteroatoms. The Hall–Kier alpha value is 0.170. The fourth-order valence-corrected chi connectivity index (χ4v) is 2.83. The first kappa shape index (κ1) is 10.3. The van der Waals surface area contributed by atoms with E-state index in [1.54, 1.807) is 18.8 Å². The molecule has 1 fully saturated rings. The zero-order valence-corrected chi connectivity index (χ0v) is 8.09. The molecule has 1 atom stereocenters. The standard InChI is InChI=1S/C8H15F2NS/c1-11-6-8(9,10)5-7-3-2-4-12-7/h7,11H,2-6H2,1H3. The SMILES string of the molecule is CNCC(F)(F)CC1CCCS1. The summed E-state index contributed by atoms with van der Waals surface area (Å²) in [5, 5.41) is 2.71. The molecule has 0 aromatic heterocycles. The Morgan fingerprint density at radius 3 is 2.83 bits per heavy atom. The van der Waals surface area contributed by atoms with Gasteiger partial charge in [0.2, 0.25) is 0 Å². The van der Waals surface area contributed by atoms with E-state index in [4.69, 9.17) is 0 Å². The van der Waals surface area contributed by atoms with Crippen LogP contribution in [0.25, 0.3) is 0 Å². The van der Waals surface area contributed by atoms with Crippen molar-refractivity contribution in [3.63, 3.8) is 0 Å². The van der Waals surface area contributed by atoms with Crippen LogP contribution < -0.4 is 5.32 Å². The minimum absolute atomic E-state index is 0.0402. The van der Waals surface area contributed by atoms with Gasteiger partial charge in [-0.25, -0.2) is 8.78 Å². The molecule has 1 nitrogen and oxygen atoms in total. The molecule has 0 amide bonds. The normalized spacial score (nSPS) is 24.8. The number of hydrogen-bond donors (Lipinski definition) is 1. The number of alkyl halides is 2. The van der Waals surface area contributed by atoms with Crippen molar-refractivity contribution in [2.24, 2.45) is 0 Å². The molecule has 0 aliphatic carbocycles. The highest BCUT2D eigenvalue weighted by molar-refractivity contribution is 8.00. The summed E-state index contributed by atoms with van der Waals surface area (Å²) in [6.45, 7) is -0.190. The maximum Gasteiger partial charge on any atom is 0.261 e. The largest absolute Gasteiger partial charge is 0.314 e. The van der Waals surface area contributed by atoms with Crippen molar-refractivity contribution in [1.29, 1.82) is 0 Å². The molecule has 0 spiro atoms. The fraction of sp³-hybridized carbons (Fsp3) is 1.00. The lowest BCUT2D eigenvalue weighted by atomic mass is 10.1. The molecule has 0 radical (unpaired) electrons. The van der Waals surface area contributed by atoms with E-state index in [0.29, 0.717) is 0 Å². The van der Waals surface area contributed by atoms with Crippen molar-refractivity contribution < 1.29 is 8.78 Å². The predicted molar refractivity (Wildman–Crippen MR) is 49.0 cm³/mol. The van der Waals surface area contributed by atoms with Crippen LogP contribution in [0.4, 0.5) is 8.78 Å². The number of nitrogens with one attached hydrogen (secondary N) is 1. The second-order valence-electron chi connectivity index (χ2n) is 3.23. The predicted octanol–water partition coefficient (Wildman–Crippen LogP) is 2.13. The first-order chi connectivity index (χ1) is 5.64. The molecule has 0 aromatic carbocycles. The topological polar surface area (TPSA) is 12.0 Å². The molecule has 1 rings (SSSR count). The number of rotatable bonds is 4. The van der Waals surface area contributed by atoms with Gasteiger partial charge >= 0.3 is 0 Å². The zero-order chi connectivity index (χ0) is 9.03. The summed E-state index contributed by atoms with van der Waals surface area (Å²) in [5.74, 6) is -1.46. The molecule has 0 bridgehead atoms. The lowest BCUT2D eigenvalue weighted by Gasteiger charge is -2.18. The van der Waals surface area contributed by atoms with Crippen LogP contribution >= 0.6 is 11.8 Å². The first-order valence-corrected chi connectivity index (χ1v) is 5.33. The van der Waals surface area contributed by atoms with Gasteiger partial charge in [0, 0.05) is 11.7 Å². The third-order valence-corrected chi connectivity index (χ3v) is 3.38. The Labute approximate surface area is 76.3 Å². The lowest BCUT2D eigenvalue weighted by molar-refractivity contribution is -0.00490. The summed E-state index contributed by atoms with van der Waals surface area (Å²) in [6, 6.07) is 0. The van der Waals surface area contributed by atoms with Gasteiger partial charge in [-0.1, -0.05) is 0 Å². The van der Waals surface area contributed by atoms with E-state index >= 15 is 0 Å². The molecular formula is C8H15F2NS. The average Bonchev–Trinajstić information content (AvgIpc) is 2.38. The van der Waals surface area contributed by atoms with Crippen LogP contribution in [-0.2, 0) is 0 Å². The summed E-state index contributed by atoms with van der Waals surface area (Å²) in [4.78, 5) is 0. The van der Waals surface area contributed by atoms with Crippen molar-refractivity contribution in [1.82, 2.24) is 5.32 Å². The van der Waals surface area contributed by atoms with Crippen molar-refractivity contribution in [3.8, 4) is 0 Å². The minimum atomic E-state index is -2.52. The van der Waals surface area contributed by atoms with Gasteiger partial charge in [-0.3, -0.25) is 0 Å². The van der Waals surface area contributed by atoms with Gasteiger partial charge in [0.05, 0.1) is 6.54 Å². The third-order valence-electron chi connectivity index (χ3n) is 1.99. The Balaban J connectivity index is 2.27. The Morgan fingerprint density at radius 2 is 2.33 bits per heavy atom. The second kappa shape index (κ2) is 4.42. The monoisotopic (exact) mass is 195 g/mol. The molecule has 12 heavy (non-hydrogen) atoms. The molecule has 0 saturated carbocycles. The fourth-order valence-electron chi connectivity index (χ4n) is 1.47. The van der Waals surface area contributed by atoms with Crippen LogP contribution in [0.1, 0.15) is 19.3 Å². The first-order valence-electron chi connectivity index (χ1n) is 4.28. The van der Waals surface area contributed by atoms with Gasteiger partial charge in [0.1, 0.15) is 0 Å². The van der Waals surface area contributed by atoms with Crippen LogP contribution in [0.5, 0.6) is 0 Å². The Kier molecular flexibility index (Phi) is 3.77. The molecule has 1 saturated heterocycles. The van der Waals surface area contributed by atoms with Crippen molar-refractivity contribution in [3.05, 3.63) is 0 Å². The summed E-state index contributed by atoms with van der Waals surface area (Å²) in [6.07, 6.45) is 2.10. The van der Waals surface area contributed by atoms with Gasteiger partial charge in [0.25, 0.3) is 5.92 Å². The van der Waals surface area contributed by atoms with Crippen LogP contribution in [0.2, 0.25) is 0 Å². The van der Waals surface area contributed by atoms with Gasteiger partial charge in [-0.15, -0.1) is 0 Å². The summed E-state index contributed by atoms with van der Waals surface area (Å²) < 4.78 is 26.0. The molecular weight excluding hydrogens is 180 g/mol. The highest BCUT2D eigenvalue weighted by Gasteiger charge is 2.33. The third kappa shape index (κ3) is 3.27. The highest BCUT2D eigenvalue weighted by atomic mass is 32.2. The van der Waals surface area contributed by atoms with Crippen molar-refractivity contribution in [2.75, 3.05) is 19.3 Å². The quantitative estimate of drug-likeness (QED) is 0.737. The van der Waals surface area contributed by atoms with Gasteiger partial charge in [-0.2, -0.15) is 11.8 Å². The number of hydrogen-bond acceptors (Lipinski definition) is 2. The Morgan fingerprint density at radius 1 is 1.58 bits per heavy atom. The molecule has 1 aliphatic heterocycles. The molecule has 1 unspecified atom stereocenters. The second-order valence-corrected chi connectivity index (χ2v) is 4.63. The number of halogens is 2. The highest BCUT2D eigenvalue weighted by Crippen LogP contribution is 2.34. The molecule has 1 aliphatic rings. The molecule has 72 valence electrons. The Bertz CT molecular complexity index is 135. The minimum Gasteiger partial charge on any atom is -0.314 e.